The van der Waals surface area contributed by atoms with Gasteiger partial charge in [-0.15, -0.1) is 0 Å². The third kappa shape index (κ3) is 2.57. The molecule has 1 unspecified atom stereocenters. The van der Waals surface area contributed by atoms with Gasteiger partial charge in [0.2, 0.25) is 10.0 Å². The van der Waals surface area contributed by atoms with Crippen molar-refractivity contribution >= 4 is 10.0 Å². The molecule has 1 heterocycles. The molecule has 0 spiro atoms. The normalized spacial score (nSPS) is 21.6. The van der Waals surface area contributed by atoms with Crippen molar-refractivity contribution in [2.75, 3.05) is 13.1 Å². The van der Waals surface area contributed by atoms with Gasteiger partial charge in [0.1, 0.15) is 0 Å². The topological polar surface area (TPSA) is 63.4 Å². The number of nitrogens with two attached hydrogens (primary N) is 1. The van der Waals surface area contributed by atoms with Crippen LogP contribution in [0.4, 0.5) is 0 Å². The smallest absolute Gasteiger partial charge is 0.243 e. The predicted molar refractivity (Wildman–Crippen MR) is 67.1 cm³/mol. The molecule has 1 aliphatic heterocycles. The van der Waals surface area contributed by atoms with E-state index in [1.54, 1.807) is 30.3 Å². The summed E-state index contributed by atoms with van der Waals surface area (Å²) in [7, 11) is -3.41. The minimum atomic E-state index is -3.41. The van der Waals surface area contributed by atoms with E-state index >= 15 is 0 Å². The summed E-state index contributed by atoms with van der Waals surface area (Å²) < 4.78 is 26.0. The average Bonchev–Trinajstić information content (AvgIpc) is 2.29. The van der Waals surface area contributed by atoms with Gasteiger partial charge in [0, 0.05) is 19.1 Å². The Kier molecular flexibility index (Phi) is 3.33. The monoisotopic (exact) mass is 252 g/mol. The molecule has 0 fully saturated rings. The minimum absolute atomic E-state index is 0.219. The van der Waals surface area contributed by atoms with Gasteiger partial charge in [-0.25, -0.2) is 8.42 Å². The number of hydrogen-bond acceptors (Lipinski definition) is 3. The summed E-state index contributed by atoms with van der Waals surface area (Å²) in [6.07, 6.45) is 3.63. The fraction of sp³-hybridized carbons (Fsp3) is 0.333. The van der Waals surface area contributed by atoms with E-state index in [0.29, 0.717) is 18.0 Å². The zero-order chi connectivity index (χ0) is 12.5. The molecule has 2 N–H and O–H groups in total. The molecule has 4 nitrogen and oxygen atoms in total. The lowest BCUT2D eigenvalue weighted by Gasteiger charge is -2.26. The van der Waals surface area contributed by atoms with Gasteiger partial charge in [-0.1, -0.05) is 29.8 Å². The van der Waals surface area contributed by atoms with Crippen molar-refractivity contribution in [2.24, 2.45) is 5.73 Å². The van der Waals surface area contributed by atoms with Gasteiger partial charge in [0.15, 0.2) is 0 Å². The van der Waals surface area contributed by atoms with Crippen LogP contribution < -0.4 is 5.73 Å². The van der Waals surface area contributed by atoms with E-state index in [4.69, 9.17) is 5.73 Å². The van der Waals surface area contributed by atoms with Crippen molar-refractivity contribution in [3.05, 3.63) is 42.0 Å². The second-order valence-corrected chi connectivity index (χ2v) is 6.17. The zero-order valence-corrected chi connectivity index (χ0v) is 10.5. The first-order valence-electron chi connectivity index (χ1n) is 5.49. The first-order valence-corrected chi connectivity index (χ1v) is 6.93. The first kappa shape index (κ1) is 12.3. The molecular formula is C12H16N2O2S. The standard InChI is InChI=1S/C12H16N2O2S/c1-10-4-6-12(7-5-10)17(15,16)14-8-2-3-11(13)9-14/h2-7,11H,8-9,13H2,1H3. The second-order valence-electron chi connectivity index (χ2n) is 4.23. The van der Waals surface area contributed by atoms with Crippen molar-refractivity contribution in [1.29, 1.82) is 0 Å². The predicted octanol–water partition coefficient (Wildman–Crippen LogP) is 0.883. The minimum Gasteiger partial charge on any atom is -0.323 e. The van der Waals surface area contributed by atoms with Crippen LogP contribution in [0, 0.1) is 6.92 Å². The van der Waals surface area contributed by atoms with Crippen molar-refractivity contribution in [3.8, 4) is 0 Å². The van der Waals surface area contributed by atoms with Crippen LogP contribution in [0.25, 0.3) is 0 Å². The summed E-state index contributed by atoms with van der Waals surface area (Å²) >= 11 is 0. The highest BCUT2D eigenvalue weighted by atomic mass is 32.2. The lowest BCUT2D eigenvalue weighted by molar-refractivity contribution is 0.417. The molecule has 0 saturated carbocycles. The first-order chi connectivity index (χ1) is 8.00. The molecule has 0 aliphatic carbocycles. The fourth-order valence-electron chi connectivity index (χ4n) is 1.78. The quantitative estimate of drug-likeness (QED) is 0.795. The van der Waals surface area contributed by atoms with Crippen molar-refractivity contribution in [2.45, 2.75) is 17.9 Å². The van der Waals surface area contributed by atoms with Gasteiger partial charge in [-0.3, -0.25) is 0 Å². The maximum Gasteiger partial charge on any atom is 0.243 e. The molecule has 0 radical (unpaired) electrons. The SMILES string of the molecule is Cc1ccc(S(=O)(=O)N2CC=CC(N)C2)cc1. The Morgan fingerprint density at radius 2 is 1.94 bits per heavy atom. The molecule has 92 valence electrons. The number of aryl methyl sites for hydroxylation is 1. The van der Waals surface area contributed by atoms with Crippen molar-refractivity contribution in [1.82, 2.24) is 4.31 Å². The van der Waals surface area contributed by atoms with Crippen LogP contribution in [0.5, 0.6) is 0 Å². The molecule has 2 rings (SSSR count). The fourth-order valence-corrected chi connectivity index (χ4v) is 3.21. The summed E-state index contributed by atoms with van der Waals surface area (Å²) in [5.74, 6) is 0. The van der Waals surface area contributed by atoms with Crippen molar-refractivity contribution < 1.29 is 8.42 Å². The average molecular weight is 252 g/mol. The van der Waals surface area contributed by atoms with Gasteiger partial charge in [0.25, 0.3) is 0 Å². The molecule has 17 heavy (non-hydrogen) atoms. The molecule has 1 aliphatic rings. The number of rotatable bonds is 2. The van der Waals surface area contributed by atoms with E-state index in [0.717, 1.165) is 5.56 Å². The zero-order valence-electron chi connectivity index (χ0n) is 9.70. The van der Waals surface area contributed by atoms with Crippen LogP contribution in [-0.2, 0) is 10.0 Å². The lowest BCUT2D eigenvalue weighted by Crippen LogP contribution is -2.43. The Hall–Kier alpha value is -1.17. The molecule has 1 atom stereocenters. The Labute approximate surface area is 102 Å². The number of benzene rings is 1. The Morgan fingerprint density at radius 1 is 1.29 bits per heavy atom. The lowest BCUT2D eigenvalue weighted by atomic mass is 10.2. The summed E-state index contributed by atoms with van der Waals surface area (Å²) in [5, 5.41) is 0. The van der Waals surface area contributed by atoms with Crippen LogP contribution >= 0.6 is 0 Å². The van der Waals surface area contributed by atoms with Crippen LogP contribution in [0.15, 0.2) is 41.3 Å². The summed E-state index contributed by atoms with van der Waals surface area (Å²) in [6, 6.07) is 6.64. The van der Waals surface area contributed by atoms with Gasteiger partial charge in [-0.05, 0) is 19.1 Å². The summed E-state index contributed by atoms with van der Waals surface area (Å²) in [5.41, 5.74) is 6.77. The number of hydrogen-bond donors (Lipinski definition) is 1. The van der Waals surface area contributed by atoms with Crippen LogP contribution in [-0.4, -0.2) is 31.9 Å². The van der Waals surface area contributed by atoms with Gasteiger partial charge >= 0.3 is 0 Å². The van der Waals surface area contributed by atoms with E-state index in [9.17, 15) is 8.42 Å². The molecular weight excluding hydrogens is 236 g/mol. The van der Waals surface area contributed by atoms with E-state index in [-0.39, 0.29) is 6.04 Å². The highest BCUT2D eigenvalue weighted by Crippen LogP contribution is 2.18. The maximum atomic E-state index is 12.3. The van der Waals surface area contributed by atoms with Gasteiger partial charge < -0.3 is 5.73 Å². The number of sulfonamides is 1. The van der Waals surface area contributed by atoms with E-state index in [1.165, 1.54) is 4.31 Å². The summed E-state index contributed by atoms with van der Waals surface area (Å²) in [4.78, 5) is 0.325. The van der Waals surface area contributed by atoms with Crippen LogP contribution in [0.1, 0.15) is 5.56 Å². The summed E-state index contributed by atoms with van der Waals surface area (Å²) in [6.45, 7) is 2.66. The van der Waals surface area contributed by atoms with E-state index in [1.807, 2.05) is 13.0 Å². The number of nitrogens with zero attached hydrogens (tertiary/aromatic N) is 1. The molecule has 1 aromatic rings. The third-order valence-corrected chi connectivity index (χ3v) is 4.61. The Balaban J connectivity index is 2.30. The van der Waals surface area contributed by atoms with E-state index < -0.39 is 10.0 Å². The molecule has 0 amide bonds. The maximum absolute atomic E-state index is 12.3. The molecule has 0 saturated heterocycles. The van der Waals surface area contributed by atoms with E-state index in [2.05, 4.69) is 0 Å². The highest BCUT2D eigenvalue weighted by molar-refractivity contribution is 7.89. The highest BCUT2D eigenvalue weighted by Gasteiger charge is 2.26. The molecule has 1 aromatic carbocycles. The van der Waals surface area contributed by atoms with Crippen molar-refractivity contribution in [3.63, 3.8) is 0 Å². The van der Waals surface area contributed by atoms with Crippen LogP contribution in [0.3, 0.4) is 0 Å². The van der Waals surface area contributed by atoms with Gasteiger partial charge in [0.05, 0.1) is 4.90 Å². The molecule has 0 bridgehead atoms. The molecule has 0 aromatic heterocycles. The molecule has 5 heteroatoms. The van der Waals surface area contributed by atoms with Gasteiger partial charge in [-0.2, -0.15) is 4.31 Å². The van der Waals surface area contributed by atoms with Crippen LogP contribution in [0.2, 0.25) is 0 Å². The Bertz CT molecular complexity index is 520. The third-order valence-electron chi connectivity index (χ3n) is 2.77. The second kappa shape index (κ2) is 4.60. The Morgan fingerprint density at radius 3 is 2.53 bits per heavy atom. The largest absolute Gasteiger partial charge is 0.323 e.